The molecule has 1 unspecified atom stereocenters. The normalized spacial score (nSPS) is 23.3. The molecule has 1 saturated heterocycles. The number of aliphatic hydroxyl groups is 2. The summed E-state index contributed by atoms with van der Waals surface area (Å²) in [5, 5.41) is 18.9. The van der Waals surface area contributed by atoms with E-state index in [0.717, 1.165) is 10.1 Å². The summed E-state index contributed by atoms with van der Waals surface area (Å²) in [6, 6.07) is 9.29. The van der Waals surface area contributed by atoms with Crippen LogP contribution < -0.4 is 16.0 Å². The number of aromatic amines is 1. The maximum absolute atomic E-state index is 12.0. The van der Waals surface area contributed by atoms with E-state index in [1.165, 1.54) is 6.20 Å². The highest BCUT2D eigenvalue weighted by molar-refractivity contribution is 5.17. The zero-order valence-electron chi connectivity index (χ0n) is 12.8. The fourth-order valence-electron chi connectivity index (χ4n) is 2.57. The number of hydrogen-bond donors (Lipinski definition) is 3. The molecule has 1 aromatic carbocycles. The molecule has 0 aliphatic carbocycles. The van der Waals surface area contributed by atoms with E-state index in [2.05, 4.69) is 4.98 Å². The van der Waals surface area contributed by atoms with E-state index in [1.807, 2.05) is 30.3 Å². The van der Waals surface area contributed by atoms with Crippen LogP contribution in [0.3, 0.4) is 0 Å². The highest BCUT2D eigenvalue weighted by Gasteiger charge is 2.35. The molecule has 24 heavy (non-hydrogen) atoms. The van der Waals surface area contributed by atoms with Crippen LogP contribution in [0.4, 0.5) is 0 Å². The van der Waals surface area contributed by atoms with Gasteiger partial charge < -0.3 is 19.7 Å². The molecule has 8 heteroatoms. The van der Waals surface area contributed by atoms with Crippen LogP contribution in [0.2, 0.25) is 0 Å². The summed E-state index contributed by atoms with van der Waals surface area (Å²) >= 11 is 0. The highest BCUT2D eigenvalue weighted by Crippen LogP contribution is 2.27. The summed E-state index contributed by atoms with van der Waals surface area (Å²) < 4.78 is 12.1. The number of hydrogen-bond acceptors (Lipinski definition) is 6. The first-order chi connectivity index (χ1) is 11.6. The van der Waals surface area contributed by atoms with Gasteiger partial charge in [-0.1, -0.05) is 30.3 Å². The number of benzene rings is 1. The van der Waals surface area contributed by atoms with Crippen molar-refractivity contribution in [3.05, 3.63) is 62.9 Å². The molecule has 128 valence electrons. The molecule has 1 aliphatic heterocycles. The van der Waals surface area contributed by atoms with Crippen LogP contribution in [0.15, 0.2) is 46.1 Å². The van der Waals surface area contributed by atoms with Crippen LogP contribution in [0.1, 0.15) is 18.2 Å². The van der Waals surface area contributed by atoms with Crippen molar-refractivity contribution in [1.82, 2.24) is 9.55 Å². The Kier molecular flexibility index (Phi) is 4.79. The average molecular weight is 334 g/mol. The Morgan fingerprint density at radius 1 is 1.29 bits per heavy atom. The molecule has 3 rings (SSSR count). The Labute approximate surface area is 136 Å². The molecule has 0 amide bonds. The summed E-state index contributed by atoms with van der Waals surface area (Å²) in [7, 11) is 0. The number of nitrogens with one attached hydrogen (secondary N) is 1. The SMILES string of the molecule is O=c1[nH]c(=O)n([C@@H]2CC(O)[C@H](CO)O2)cc1OCc1ccccc1. The number of ether oxygens (including phenoxy) is 2. The summed E-state index contributed by atoms with van der Waals surface area (Å²) in [6.07, 6.45) is -1.02. The summed E-state index contributed by atoms with van der Waals surface area (Å²) in [5.41, 5.74) is -0.421. The number of aliphatic hydroxyl groups excluding tert-OH is 2. The van der Waals surface area contributed by atoms with Gasteiger partial charge in [-0.3, -0.25) is 14.3 Å². The minimum absolute atomic E-state index is 0.0241. The van der Waals surface area contributed by atoms with Crippen molar-refractivity contribution in [3.63, 3.8) is 0 Å². The maximum atomic E-state index is 12.0. The van der Waals surface area contributed by atoms with Crippen LogP contribution in [-0.2, 0) is 11.3 Å². The molecule has 2 aromatic rings. The number of H-pyrrole nitrogens is 1. The first-order valence-corrected chi connectivity index (χ1v) is 7.55. The molecule has 0 bridgehead atoms. The lowest BCUT2D eigenvalue weighted by Gasteiger charge is -2.15. The van der Waals surface area contributed by atoms with Crippen molar-refractivity contribution in [2.75, 3.05) is 6.61 Å². The van der Waals surface area contributed by atoms with Crippen LogP contribution in [-0.4, -0.2) is 38.6 Å². The second kappa shape index (κ2) is 7.00. The lowest BCUT2D eigenvalue weighted by atomic mass is 10.2. The van der Waals surface area contributed by atoms with Crippen molar-refractivity contribution >= 4 is 0 Å². The number of nitrogens with zero attached hydrogens (tertiary/aromatic N) is 1. The Bertz CT molecular complexity index is 800. The lowest BCUT2D eigenvalue weighted by molar-refractivity contribution is -0.0461. The minimum Gasteiger partial charge on any atom is -0.482 e. The molecular formula is C16H18N2O6. The molecule has 1 fully saturated rings. The first kappa shape index (κ1) is 16.4. The summed E-state index contributed by atoms with van der Waals surface area (Å²) in [6.45, 7) is -0.178. The standard InChI is InChI=1S/C16H18N2O6/c19-8-13-11(20)6-14(24-13)18-7-12(15(21)17-16(18)22)23-9-10-4-2-1-3-5-10/h1-5,7,11,13-14,19-20H,6,8-9H2,(H,17,21,22)/t11?,13-,14-/m0/s1. The molecule has 1 aliphatic rings. The van der Waals surface area contributed by atoms with Crippen molar-refractivity contribution in [1.29, 1.82) is 0 Å². The van der Waals surface area contributed by atoms with Gasteiger partial charge >= 0.3 is 5.69 Å². The molecule has 0 saturated carbocycles. The molecule has 1 aromatic heterocycles. The minimum atomic E-state index is -0.882. The van der Waals surface area contributed by atoms with Gasteiger partial charge in [0.15, 0.2) is 0 Å². The lowest BCUT2D eigenvalue weighted by Crippen LogP contribution is -2.33. The Balaban J connectivity index is 1.81. The van der Waals surface area contributed by atoms with Crippen LogP contribution >= 0.6 is 0 Å². The second-order valence-electron chi connectivity index (χ2n) is 5.55. The van der Waals surface area contributed by atoms with Crippen molar-refractivity contribution in [2.24, 2.45) is 0 Å². The Hall–Kier alpha value is -2.42. The molecule has 8 nitrogen and oxygen atoms in total. The van der Waals surface area contributed by atoms with Gasteiger partial charge in [0.25, 0.3) is 5.56 Å². The quantitative estimate of drug-likeness (QED) is 0.695. The molecule has 3 N–H and O–H groups in total. The van der Waals surface area contributed by atoms with Gasteiger partial charge in [-0.25, -0.2) is 4.79 Å². The van der Waals surface area contributed by atoms with Gasteiger partial charge in [0.1, 0.15) is 18.9 Å². The topological polar surface area (TPSA) is 114 Å². The molecular weight excluding hydrogens is 316 g/mol. The monoisotopic (exact) mass is 334 g/mol. The average Bonchev–Trinajstić information content (AvgIpc) is 2.95. The van der Waals surface area contributed by atoms with Crippen molar-refractivity contribution < 1.29 is 19.7 Å². The zero-order valence-corrected chi connectivity index (χ0v) is 12.8. The summed E-state index contributed by atoms with van der Waals surface area (Å²) in [5.74, 6) is -0.0241. The van der Waals surface area contributed by atoms with E-state index >= 15 is 0 Å². The van der Waals surface area contributed by atoms with E-state index in [1.54, 1.807) is 0 Å². The van der Waals surface area contributed by atoms with Crippen molar-refractivity contribution in [2.45, 2.75) is 31.5 Å². The first-order valence-electron chi connectivity index (χ1n) is 7.55. The summed E-state index contributed by atoms with van der Waals surface area (Å²) in [4.78, 5) is 26.0. The van der Waals surface area contributed by atoms with Crippen LogP contribution in [0.25, 0.3) is 0 Å². The van der Waals surface area contributed by atoms with Gasteiger partial charge in [0.05, 0.1) is 18.9 Å². The third-order valence-electron chi connectivity index (χ3n) is 3.87. The molecule has 0 spiro atoms. The van der Waals surface area contributed by atoms with Gasteiger partial charge in [-0.2, -0.15) is 0 Å². The fourth-order valence-corrected chi connectivity index (χ4v) is 2.57. The predicted molar refractivity (Wildman–Crippen MR) is 83.7 cm³/mol. The molecule has 0 radical (unpaired) electrons. The maximum Gasteiger partial charge on any atom is 0.330 e. The predicted octanol–water partition coefficient (Wildman–Crippen LogP) is -0.244. The van der Waals surface area contributed by atoms with Gasteiger partial charge in [-0.05, 0) is 5.56 Å². The van der Waals surface area contributed by atoms with E-state index in [-0.39, 0.29) is 25.4 Å². The smallest absolute Gasteiger partial charge is 0.330 e. The van der Waals surface area contributed by atoms with Gasteiger partial charge in [0.2, 0.25) is 5.75 Å². The fraction of sp³-hybridized carbons (Fsp3) is 0.375. The van der Waals surface area contributed by atoms with Gasteiger partial charge in [0, 0.05) is 6.42 Å². The third-order valence-corrected chi connectivity index (χ3v) is 3.87. The van der Waals surface area contributed by atoms with Crippen LogP contribution in [0, 0.1) is 0 Å². The Morgan fingerprint density at radius 3 is 2.71 bits per heavy atom. The number of rotatable bonds is 5. The van der Waals surface area contributed by atoms with E-state index in [9.17, 15) is 14.7 Å². The molecule has 3 atom stereocenters. The third kappa shape index (κ3) is 3.40. The highest BCUT2D eigenvalue weighted by atomic mass is 16.5. The second-order valence-corrected chi connectivity index (χ2v) is 5.55. The zero-order chi connectivity index (χ0) is 17.1. The van der Waals surface area contributed by atoms with Gasteiger partial charge in [-0.15, -0.1) is 0 Å². The van der Waals surface area contributed by atoms with E-state index in [0.29, 0.717) is 0 Å². The largest absolute Gasteiger partial charge is 0.482 e. The van der Waals surface area contributed by atoms with Crippen molar-refractivity contribution in [3.8, 4) is 5.75 Å². The Morgan fingerprint density at radius 2 is 2.04 bits per heavy atom. The number of aromatic nitrogens is 2. The van der Waals surface area contributed by atoms with E-state index < -0.39 is 29.7 Å². The molecule has 2 heterocycles. The van der Waals surface area contributed by atoms with Crippen LogP contribution in [0.5, 0.6) is 5.75 Å². The van der Waals surface area contributed by atoms with E-state index in [4.69, 9.17) is 14.6 Å².